The lowest BCUT2D eigenvalue weighted by atomic mass is 10.2. The third kappa shape index (κ3) is 2.82. The minimum Gasteiger partial charge on any atom is -0.411 e. The number of benzene rings is 1. The molecule has 90 valence electrons. The predicted molar refractivity (Wildman–Crippen MR) is 76.8 cm³/mol. The van der Waals surface area contributed by atoms with Crippen molar-refractivity contribution in [3.8, 4) is 0 Å². The van der Waals surface area contributed by atoms with Gasteiger partial charge in [0.1, 0.15) is 0 Å². The molecular formula is C13H15NOS2. The molecule has 1 heterocycles. The minimum absolute atomic E-state index is 0.141. The quantitative estimate of drug-likeness (QED) is 0.372. The van der Waals surface area contributed by atoms with Crippen LogP contribution >= 0.6 is 23.1 Å². The molecule has 1 N–H and O–H groups in total. The lowest BCUT2D eigenvalue weighted by Gasteiger charge is -2.17. The monoisotopic (exact) mass is 265 g/mol. The summed E-state index contributed by atoms with van der Waals surface area (Å²) in [5, 5.41) is 13.1. The van der Waals surface area contributed by atoms with Crippen LogP contribution in [0.5, 0.6) is 0 Å². The summed E-state index contributed by atoms with van der Waals surface area (Å²) in [5.41, 5.74) is 0. The lowest BCUT2D eigenvalue weighted by Crippen LogP contribution is -2.06. The van der Waals surface area contributed by atoms with Gasteiger partial charge in [-0.15, -0.1) is 23.1 Å². The van der Waals surface area contributed by atoms with E-state index in [0.29, 0.717) is 0 Å². The fourth-order valence-corrected chi connectivity index (χ4v) is 3.92. The van der Waals surface area contributed by atoms with Crippen LogP contribution in [0.1, 0.15) is 25.6 Å². The van der Waals surface area contributed by atoms with Gasteiger partial charge in [-0.05, 0) is 6.07 Å². The molecule has 0 atom stereocenters. The van der Waals surface area contributed by atoms with Crippen molar-refractivity contribution < 1.29 is 5.21 Å². The Hall–Kier alpha value is -1.00. The van der Waals surface area contributed by atoms with Crippen molar-refractivity contribution >= 4 is 39.4 Å². The normalized spacial score (nSPS) is 12.6. The summed E-state index contributed by atoms with van der Waals surface area (Å²) >= 11 is 3.47. The number of nitrogens with zero attached hydrogens (tertiary/aromatic N) is 1. The number of oxime groups is 1. The molecule has 17 heavy (non-hydrogen) atoms. The average Bonchev–Trinajstić information content (AvgIpc) is 2.56. The van der Waals surface area contributed by atoms with Gasteiger partial charge in [-0.2, -0.15) is 0 Å². The van der Waals surface area contributed by atoms with Crippen LogP contribution in [-0.2, 0) is 0 Å². The van der Waals surface area contributed by atoms with Gasteiger partial charge >= 0.3 is 0 Å². The Bertz CT molecular complexity index is 552. The zero-order chi connectivity index (χ0) is 12.5. The standard InChI is InChI=1S/C13H15NOS2/c1-13(2,3)17-12-9-6-4-5-7-10(9)16-11(12)8-14-15/h4-8,15H,1-3H3/b14-8+. The van der Waals surface area contributed by atoms with Crippen molar-refractivity contribution in [1.82, 2.24) is 0 Å². The van der Waals surface area contributed by atoms with E-state index in [9.17, 15) is 0 Å². The van der Waals surface area contributed by atoms with Crippen LogP contribution in [0.2, 0.25) is 0 Å². The van der Waals surface area contributed by atoms with Crippen molar-refractivity contribution in [2.45, 2.75) is 30.4 Å². The molecule has 0 spiro atoms. The smallest absolute Gasteiger partial charge is 0.0845 e. The molecule has 0 aliphatic rings. The fourth-order valence-electron chi connectivity index (χ4n) is 1.59. The maximum Gasteiger partial charge on any atom is 0.0845 e. The van der Waals surface area contributed by atoms with E-state index in [-0.39, 0.29) is 4.75 Å². The first-order valence-electron chi connectivity index (χ1n) is 5.39. The van der Waals surface area contributed by atoms with Crippen molar-refractivity contribution in [3.05, 3.63) is 29.1 Å². The lowest BCUT2D eigenvalue weighted by molar-refractivity contribution is 0.322. The molecular weight excluding hydrogens is 250 g/mol. The van der Waals surface area contributed by atoms with Gasteiger partial charge in [-0.1, -0.05) is 44.1 Å². The second kappa shape index (κ2) is 4.70. The van der Waals surface area contributed by atoms with Gasteiger partial charge in [0.05, 0.1) is 11.1 Å². The molecule has 0 fully saturated rings. The first-order valence-corrected chi connectivity index (χ1v) is 7.02. The number of thioether (sulfide) groups is 1. The molecule has 0 saturated heterocycles. The second-order valence-corrected chi connectivity index (χ2v) is 7.67. The Balaban J connectivity index is 2.59. The third-order valence-electron chi connectivity index (χ3n) is 2.16. The van der Waals surface area contributed by atoms with Crippen molar-refractivity contribution in [2.75, 3.05) is 0 Å². The van der Waals surface area contributed by atoms with Gasteiger partial charge in [0.25, 0.3) is 0 Å². The van der Waals surface area contributed by atoms with Gasteiger partial charge in [0.2, 0.25) is 0 Å². The molecule has 4 heteroatoms. The summed E-state index contributed by atoms with van der Waals surface area (Å²) in [7, 11) is 0. The fraction of sp³-hybridized carbons (Fsp3) is 0.308. The van der Waals surface area contributed by atoms with E-state index in [1.165, 1.54) is 21.2 Å². The van der Waals surface area contributed by atoms with E-state index in [0.717, 1.165) is 4.88 Å². The topological polar surface area (TPSA) is 32.6 Å². The molecule has 2 nitrogen and oxygen atoms in total. The van der Waals surface area contributed by atoms with E-state index in [1.54, 1.807) is 11.3 Å². The van der Waals surface area contributed by atoms with E-state index in [1.807, 2.05) is 23.9 Å². The van der Waals surface area contributed by atoms with Gasteiger partial charge < -0.3 is 5.21 Å². The van der Waals surface area contributed by atoms with Gasteiger partial charge in [0, 0.05) is 19.7 Å². The van der Waals surface area contributed by atoms with Crippen LogP contribution in [0.25, 0.3) is 10.1 Å². The van der Waals surface area contributed by atoms with Gasteiger partial charge in [0.15, 0.2) is 0 Å². The van der Waals surface area contributed by atoms with Gasteiger partial charge in [-0.25, -0.2) is 0 Å². The van der Waals surface area contributed by atoms with Crippen molar-refractivity contribution in [3.63, 3.8) is 0 Å². The zero-order valence-corrected chi connectivity index (χ0v) is 11.7. The van der Waals surface area contributed by atoms with E-state index in [4.69, 9.17) is 5.21 Å². The summed E-state index contributed by atoms with van der Waals surface area (Å²) in [6, 6.07) is 8.29. The molecule has 0 saturated carbocycles. The maximum atomic E-state index is 8.73. The molecule has 2 aromatic rings. The van der Waals surface area contributed by atoms with Crippen LogP contribution in [0, 0.1) is 0 Å². The number of thiophene rings is 1. The molecule has 0 aliphatic carbocycles. The number of hydrogen-bond donors (Lipinski definition) is 1. The minimum atomic E-state index is 0.141. The molecule has 0 bridgehead atoms. The molecule has 1 aromatic heterocycles. The highest BCUT2D eigenvalue weighted by atomic mass is 32.2. The summed E-state index contributed by atoms with van der Waals surface area (Å²) < 4.78 is 1.37. The number of fused-ring (bicyclic) bond motifs is 1. The predicted octanol–water partition coefficient (Wildman–Crippen LogP) is 4.60. The maximum absolute atomic E-state index is 8.73. The Labute approximate surface area is 109 Å². The Morgan fingerprint density at radius 2 is 2.00 bits per heavy atom. The molecule has 2 rings (SSSR count). The molecule has 0 amide bonds. The highest BCUT2D eigenvalue weighted by molar-refractivity contribution is 8.01. The molecule has 0 aliphatic heterocycles. The first kappa shape index (κ1) is 12.5. The van der Waals surface area contributed by atoms with Crippen LogP contribution in [0.4, 0.5) is 0 Å². The van der Waals surface area contributed by atoms with Crippen LogP contribution in [-0.4, -0.2) is 16.2 Å². The largest absolute Gasteiger partial charge is 0.411 e. The Kier molecular flexibility index (Phi) is 3.45. The SMILES string of the molecule is CC(C)(C)Sc1c(/C=N/O)sc2ccccc12. The van der Waals surface area contributed by atoms with E-state index in [2.05, 4.69) is 38.1 Å². The average molecular weight is 265 g/mol. The highest BCUT2D eigenvalue weighted by Crippen LogP contribution is 2.42. The Morgan fingerprint density at radius 3 is 2.65 bits per heavy atom. The van der Waals surface area contributed by atoms with E-state index >= 15 is 0 Å². The van der Waals surface area contributed by atoms with Crippen molar-refractivity contribution in [2.24, 2.45) is 5.16 Å². The van der Waals surface area contributed by atoms with Crippen LogP contribution in [0.15, 0.2) is 34.3 Å². The summed E-state index contributed by atoms with van der Waals surface area (Å²) in [4.78, 5) is 2.23. The zero-order valence-electron chi connectivity index (χ0n) is 10.1. The summed E-state index contributed by atoms with van der Waals surface area (Å²) in [6.07, 6.45) is 1.53. The molecule has 1 aromatic carbocycles. The molecule has 0 unspecified atom stereocenters. The van der Waals surface area contributed by atoms with Gasteiger partial charge in [-0.3, -0.25) is 0 Å². The van der Waals surface area contributed by atoms with Crippen molar-refractivity contribution in [1.29, 1.82) is 0 Å². The number of hydrogen-bond acceptors (Lipinski definition) is 4. The summed E-state index contributed by atoms with van der Waals surface area (Å²) in [6.45, 7) is 6.55. The van der Waals surface area contributed by atoms with Crippen LogP contribution in [0.3, 0.4) is 0 Å². The van der Waals surface area contributed by atoms with E-state index < -0.39 is 0 Å². The Morgan fingerprint density at radius 1 is 1.29 bits per heavy atom. The second-order valence-electron chi connectivity index (χ2n) is 4.75. The summed E-state index contributed by atoms with van der Waals surface area (Å²) in [5.74, 6) is 0. The first-order chi connectivity index (χ1) is 8.01. The molecule has 0 radical (unpaired) electrons. The third-order valence-corrected chi connectivity index (χ3v) is 4.65. The highest BCUT2D eigenvalue weighted by Gasteiger charge is 2.18. The van der Waals surface area contributed by atoms with Crippen LogP contribution < -0.4 is 0 Å². The number of rotatable bonds is 2.